The van der Waals surface area contributed by atoms with Gasteiger partial charge in [0.1, 0.15) is 5.56 Å². The van der Waals surface area contributed by atoms with Gasteiger partial charge in [-0.1, -0.05) is 12.2 Å². The van der Waals surface area contributed by atoms with Crippen molar-refractivity contribution in [2.75, 3.05) is 0 Å². The Balaban J connectivity index is 2.27. The van der Waals surface area contributed by atoms with E-state index < -0.39 is 17.2 Å². The third-order valence-corrected chi connectivity index (χ3v) is 2.61. The lowest BCUT2D eigenvalue weighted by Crippen LogP contribution is -2.35. The van der Waals surface area contributed by atoms with E-state index in [1.807, 2.05) is 12.2 Å². The van der Waals surface area contributed by atoms with Gasteiger partial charge in [0.25, 0.3) is 11.5 Å². The van der Waals surface area contributed by atoms with Crippen LogP contribution >= 0.6 is 0 Å². The summed E-state index contributed by atoms with van der Waals surface area (Å²) < 4.78 is 1.15. The quantitative estimate of drug-likeness (QED) is 0.773. The molecule has 0 aromatic carbocycles. The maximum Gasteiger partial charge on any atom is 0.328 e. The van der Waals surface area contributed by atoms with Gasteiger partial charge in [0.05, 0.1) is 0 Å². The lowest BCUT2D eigenvalue weighted by atomic mass is 10.1. The van der Waals surface area contributed by atoms with Gasteiger partial charge < -0.3 is 9.88 Å². The first kappa shape index (κ1) is 12.1. The Labute approximate surface area is 103 Å². The molecule has 0 atom stereocenters. The molecule has 0 spiro atoms. The molecule has 0 radical (unpaired) electrons. The SMILES string of the molecule is Cn1cc(C(=O)NC2=CCCC=C2)c(=O)[nH]c1=O. The molecule has 94 valence electrons. The second-order valence-corrected chi connectivity index (χ2v) is 4.01. The van der Waals surface area contributed by atoms with Crippen molar-refractivity contribution in [1.82, 2.24) is 14.9 Å². The van der Waals surface area contributed by atoms with Gasteiger partial charge in [0, 0.05) is 18.9 Å². The Hall–Kier alpha value is -2.37. The number of hydrogen-bond donors (Lipinski definition) is 2. The molecule has 1 aromatic heterocycles. The van der Waals surface area contributed by atoms with Crippen molar-refractivity contribution in [2.45, 2.75) is 12.8 Å². The van der Waals surface area contributed by atoms with Gasteiger partial charge in [-0.2, -0.15) is 0 Å². The Kier molecular flexibility index (Phi) is 3.27. The first-order chi connectivity index (χ1) is 8.58. The number of H-pyrrole nitrogens is 1. The fourth-order valence-electron chi connectivity index (χ4n) is 1.63. The number of rotatable bonds is 2. The Morgan fingerprint density at radius 2 is 2.17 bits per heavy atom. The third-order valence-electron chi connectivity index (χ3n) is 2.61. The number of amides is 1. The van der Waals surface area contributed by atoms with E-state index in [0.29, 0.717) is 5.70 Å². The van der Waals surface area contributed by atoms with Gasteiger partial charge in [-0.15, -0.1) is 0 Å². The first-order valence-electron chi connectivity index (χ1n) is 5.56. The summed E-state index contributed by atoms with van der Waals surface area (Å²) in [6.07, 6.45) is 8.64. The molecule has 1 aliphatic carbocycles. The highest BCUT2D eigenvalue weighted by Gasteiger charge is 2.13. The van der Waals surface area contributed by atoms with Gasteiger partial charge in [0.15, 0.2) is 0 Å². The van der Waals surface area contributed by atoms with E-state index >= 15 is 0 Å². The normalized spacial score (nSPS) is 14.2. The van der Waals surface area contributed by atoms with Gasteiger partial charge in [0.2, 0.25) is 0 Å². The number of aromatic nitrogens is 2. The van der Waals surface area contributed by atoms with Crippen molar-refractivity contribution in [1.29, 1.82) is 0 Å². The number of nitrogens with zero attached hydrogens (tertiary/aromatic N) is 1. The molecule has 1 amide bonds. The maximum absolute atomic E-state index is 11.9. The molecule has 0 unspecified atom stereocenters. The second kappa shape index (κ2) is 4.87. The summed E-state index contributed by atoms with van der Waals surface area (Å²) >= 11 is 0. The minimum absolute atomic E-state index is 0.0861. The Morgan fingerprint density at radius 1 is 1.39 bits per heavy atom. The van der Waals surface area contributed by atoms with Crippen LogP contribution in [-0.2, 0) is 7.05 Å². The summed E-state index contributed by atoms with van der Waals surface area (Å²) in [5.74, 6) is -0.523. The van der Waals surface area contributed by atoms with Crippen LogP contribution in [-0.4, -0.2) is 15.5 Å². The predicted molar refractivity (Wildman–Crippen MR) is 66.2 cm³/mol. The fraction of sp³-hybridized carbons (Fsp3) is 0.250. The number of carbonyl (C=O) groups excluding carboxylic acids is 1. The zero-order valence-electron chi connectivity index (χ0n) is 9.90. The van der Waals surface area contributed by atoms with Gasteiger partial charge in [-0.25, -0.2) is 4.79 Å². The van der Waals surface area contributed by atoms with Crippen molar-refractivity contribution in [3.8, 4) is 0 Å². The largest absolute Gasteiger partial charge is 0.328 e. The topological polar surface area (TPSA) is 84.0 Å². The van der Waals surface area contributed by atoms with Crippen LogP contribution in [0.3, 0.4) is 0 Å². The van der Waals surface area contributed by atoms with E-state index in [9.17, 15) is 14.4 Å². The minimum atomic E-state index is -0.684. The zero-order valence-corrected chi connectivity index (χ0v) is 9.90. The lowest BCUT2D eigenvalue weighted by Gasteiger charge is -2.09. The number of nitrogens with one attached hydrogen (secondary N) is 2. The molecule has 1 aliphatic rings. The van der Waals surface area contributed by atoms with E-state index in [-0.39, 0.29) is 5.56 Å². The minimum Gasteiger partial charge on any atom is -0.322 e. The number of aryl methyl sites for hydroxylation is 1. The second-order valence-electron chi connectivity index (χ2n) is 4.01. The van der Waals surface area contributed by atoms with Gasteiger partial charge >= 0.3 is 5.69 Å². The van der Waals surface area contributed by atoms with Crippen molar-refractivity contribution < 1.29 is 4.79 Å². The van der Waals surface area contributed by atoms with E-state index in [2.05, 4.69) is 10.3 Å². The van der Waals surface area contributed by atoms with Crippen molar-refractivity contribution in [3.63, 3.8) is 0 Å². The molecular weight excluding hydrogens is 234 g/mol. The van der Waals surface area contributed by atoms with Crippen LogP contribution < -0.4 is 16.6 Å². The molecule has 1 heterocycles. The molecule has 0 bridgehead atoms. The molecule has 6 heteroatoms. The molecule has 2 rings (SSSR count). The van der Waals surface area contributed by atoms with E-state index in [1.54, 1.807) is 6.08 Å². The van der Waals surface area contributed by atoms with E-state index in [0.717, 1.165) is 17.4 Å². The first-order valence-corrected chi connectivity index (χ1v) is 5.56. The van der Waals surface area contributed by atoms with E-state index in [4.69, 9.17) is 0 Å². The summed E-state index contributed by atoms with van der Waals surface area (Å²) in [6, 6.07) is 0. The zero-order chi connectivity index (χ0) is 13.1. The van der Waals surface area contributed by atoms with Crippen LogP contribution in [0.5, 0.6) is 0 Å². The summed E-state index contributed by atoms with van der Waals surface area (Å²) in [5.41, 5.74) is -0.652. The molecule has 0 aliphatic heterocycles. The maximum atomic E-state index is 11.9. The highest BCUT2D eigenvalue weighted by Crippen LogP contribution is 2.07. The third kappa shape index (κ3) is 2.48. The Bertz CT molecular complexity index is 649. The van der Waals surface area contributed by atoms with Crippen molar-refractivity contribution in [2.24, 2.45) is 7.05 Å². The summed E-state index contributed by atoms with van der Waals surface area (Å²) in [4.78, 5) is 36.6. The van der Waals surface area contributed by atoms with Crippen molar-refractivity contribution in [3.05, 3.63) is 56.5 Å². The average Bonchev–Trinajstić information content (AvgIpc) is 2.35. The number of carbonyl (C=O) groups is 1. The molecule has 2 N–H and O–H groups in total. The average molecular weight is 247 g/mol. The Morgan fingerprint density at radius 3 is 2.83 bits per heavy atom. The number of aromatic amines is 1. The lowest BCUT2D eigenvalue weighted by molar-refractivity contribution is 0.0964. The molecule has 18 heavy (non-hydrogen) atoms. The van der Waals surface area contributed by atoms with Crippen LogP contribution in [0.1, 0.15) is 23.2 Å². The molecule has 6 nitrogen and oxygen atoms in total. The monoisotopic (exact) mass is 247 g/mol. The number of hydrogen-bond acceptors (Lipinski definition) is 3. The van der Waals surface area contributed by atoms with Crippen LogP contribution in [0, 0.1) is 0 Å². The molecule has 0 fully saturated rings. The standard InChI is InChI=1S/C12H13N3O3/c1-15-7-9(11(17)14-12(15)18)10(16)13-8-5-3-2-4-6-8/h3,5-7H,2,4H2,1H3,(H,13,16)(H,14,17,18). The highest BCUT2D eigenvalue weighted by atomic mass is 16.2. The summed E-state index contributed by atoms with van der Waals surface area (Å²) in [6.45, 7) is 0. The number of allylic oxidation sites excluding steroid dienone is 3. The van der Waals surface area contributed by atoms with Gasteiger partial charge in [-0.05, 0) is 18.9 Å². The summed E-state index contributed by atoms with van der Waals surface area (Å²) in [5, 5.41) is 2.62. The highest BCUT2D eigenvalue weighted by molar-refractivity contribution is 5.94. The molecule has 1 aromatic rings. The van der Waals surface area contributed by atoms with Crippen molar-refractivity contribution >= 4 is 5.91 Å². The van der Waals surface area contributed by atoms with Crippen LogP contribution in [0.4, 0.5) is 0 Å². The van der Waals surface area contributed by atoms with Crippen LogP contribution in [0.25, 0.3) is 0 Å². The van der Waals surface area contributed by atoms with Gasteiger partial charge in [-0.3, -0.25) is 14.6 Å². The van der Waals surface area contributed by atoms with Crippen LogP contribution in [0.15, 0.2) is 39.7 Å². The smallest absolute Gasteiger partial charge is 0.322 e. The summed E-state index contributed by atoms with van der Waals surface area (Å²) in [7, 11) is 1.47. The molecular formula is C12H13N3O3. The predicted octanol–water partition coefficient (Wildman–Crippen LogP) is 0.0373. The fourth-order valence-corrected chi connectivity index (χ4v) is 1.63. The van der Waals surface area contributed by atoms with E-state index in [1.165, 1.54) is 13.2 Å². The molecule has 0 saturated carbocycles. The molecule has 0 saturated heterocycles. The van der Waals surface area contributed by atoms with Crippen LogP contribution in [0.2, 0.25) is 0 Å².